The van der Waals surface area contributed by atoms with E-state index < -0.39 is 0 Å². The lowest BCUT2D eigenvalue weighted by Crippen LogP contribution is -2.14. The van der Waals surface area contributed by atoms with E-state index in [-0.39, 0.29) is 18.2 Å². The molecule has 0 bridgehead atoms. The molecule has 0 amide bonds. The molecule has 68 valence electrons. The van der Waals surface area contributed by atoms with Gasteiger partial charge in [0.2, 0.25) is 0 Å². The van der Waals surface area contributed by atoms with Crippen LogP contribution in [0.1, 0.15) is 40.0 Å². The van der Waals surface area contributed by atoms with Gasteiger partial charge in [-0.2, -0.15) is 0 Å². The second-order valence-electron chi connectivity index (χ2n) is 2.43. The molecule has 0 spiro atoms. The second-order valence-corrected chi connectivity index (χ2v) is 2.43. The van der Waals surface area contributed by atoms with Crippen molar-refractivity contribution in [3.63, 3.8) is 0 Å². The minimum absolute atomic E-state index is 0. The topological polar surface area (TPSA) is 61.3 Å². The molecule has 3 nitrogen and oxygen atoms in total. The summed E-state index contributed by atoms with van der Waals surface area (Å²) in [6, 6.07) is 0. The van der Waals surface area contributed by atoms with Crippen molar-refractivity contribution in [2.24, 2.45) is 0 Å². The van der Waals surface area contributed by atoms with Gasteiger partial charge in [0.05, 0.1) is 0 Å². The molecule has 3 N–H and O–H groups in total. The molecule has 0 aliphatic carbocycles. The third-order valence-corrected chi connectivity index (χ3v) is 1.40. The van der Waals surface area contributed by atoms with Crippen LogP contribution in [0.5, 0.6) is 0 Å². The molecule has 0 radical (unpaired) electrons. The van der Waals surface area contributed by atoms with Crippen molar-refractivity contribution in [3.05, 3.63) is 0 Å². The van der Waals surface area contributed by atoms with Gasteiger partial charge in [-0.1, -0.05) is 20.3 Å². The number of carbonyl (C=O) groups is 1. The Balaban J connectivity index is 0. The molecule has 0 aromatic carbocycles. The van der Waals surface area contributed by atoms with Crippen molar-refractivity contribution < 1.29 is 9.53 Å². The highest BCUT2D eigenvalue weighted by molar-refractivity contribution is 5.66. The maximum atomic E-state index is 10.5. The summed E-state index contributed by atoms with van der Waals surface area (Å²) in [5.74, 6) is -0.166. The van der Waals surface area contributed by atoms with Crippen LogP contribution < -0.4 is 6.15 Å². The average molecular weight is 161 g/mol. The number of carbonyl (C=O) groups excluding carboxylic acids is 1. The van der Waals surface area contributed by atoms with E-state index in [1.54, 1.807) is 0 Å². The van der Waals surface area contributed by atoms with Gasteiger partial charge in [-0.25, -0.2) is 0 Å². The van der Waals surface area contributed by atoms with E-state index in [4.69, 9.17) is 4.74 Å². The Hall–Kier alpha value is -0.570. The predicted molar refractivity (Wildman–Crippen MR) is 45.8 cm³/mol. The van der Waals surface area contributed by atoms with Crippen LogP contribution in [-0.4, -0.2) is 12.1 Å². The van der Waals surface area contributed by atoms with Crippen molar-refractivity contribution in [3.8, 4) is 0 Å². The third-order valence-electron chi connectivity index (χ3n) is 1.40. The van der Waals surface area contributed by atoms with Crippen LogP contribution in [0.2, 0.25) is 0 Å². The van der Waals surface area contributed by atoms with E-state index in [2.05, 4.69) is 6.92 Å². The van der Waals surface area contributed by atoms with Gasteiger partial charge in [0.25, 0.3) is 0 Å². The zero-order chi connectivity index (χ0) is 7.98. The molecular formula is C8H19NO2. The first kappa shape index (κ1) is 13.1. The van der Waals surface area contributed by atoms with E-state index in [1.165, 1.54) is 6.92 Å². The lowest BCUT2D eigenvalue weighted by Gasteiger charge is -2.12. The van der Waals surface area contributed by atoms with Gasteiger partial charge in [0.15, 0.2) is 0 Å². The van der Waals surface area contributed by atoms with Gasteiger partial charge in [0, 0.05) is 6.92 Å². The SMILES string of the molecule is CCCC(CC)OC(C)=O.N. The van der Waals surface area contributed by atoms with Crippen LogP contribution >= 0.6 is 0 Å². The Morgan fingerprint density at radius 1 is 1.45 bits per heavy atom. The Morgan fingerprint density at radius 3 is 2.27 bits per heavy atom. The summed E-state index contributed by atoms with van der Waals surface area (Å²) in [6.07, 6.45) is 3.12. The van der Waals surface area contributed by atoms with Crippen LogP contribution in [0.25, 0.3) is 0 Å². The monoisotopic (exact) mass is 161 g/mol. The number of hydrogen-bond acceptors (Lipinski definition) is 3. The van der Waals surface area contributed by atoms with Gasteiger partial charge < -0.3 is 10.9 Å². The van der Waals surface area contributed by atoms with Crippen LogP contribution in [0.15, 0.2) is 0 Å². The summed E-state index contributed by atoms with van der Waals surface area (Å²) in [7, 11) is 0. The molecule has 11 heavy (non-hydrogen) atoms. The Labute approximate surface area is 68.7 Å². The molecule has 0 fully saturated rings. The molecule has 0 aromatic heterocycles. The van der Waals surface area contributed by atoms with E-state index in [1.807, 2.05) is 6.92 Å². The zero-order valence-electron chi connectivity index (χ0n) is 7.72. The summed E-state index contributed by atoms with van der Waals surface area (Å²) in [5, 5.41) is 0. The molecule has 0 saturated carbocycles. The standard InChI is InChI=1S/C8H16O2.H3N/c1-4-6-8(5-2)10-7(3)9;/h8H,4-6H2,1-3H3;1H3. The Morgan fingerprint density at radius 2 is 2.00 bits per heavy atom. The highest BCUT2D eigenvalue weighted by Gasteiger charge is 2.06. The number of hydrogen-bond donors (Lipinski definition) is 1. The quantitative estimate of drug-likeness (QED) is 0.643. The van der Waals surface area contributed by atoms with Crippen molar-refractivity contribution >= 4 is 5.97 Å². The molecule has 0 aromatic rings. The van der Waals surface area contributed by atoms with E-state index in [0.29, 0.717) is 0 Å². The minimum atomic E-state index is -0.166. The first-order valence-electron chi connectivity index (χ1n) is 3.87. The normalized spacial score (nSPS) is 11.5. The van der Waals surface area contributed by atoms with Crippen molar-refractivity contribution in [1.82, 2.24) is 6.15 Å². The smallest absolute Gasteiger partial charge is 0.302 e. The molecule has 0 saturated heterocycles. The second kappa shape index (κ2) is 7.54. The Bertz CT molecular complexity index is 104. The summed E-state index contributed by atoms with van der Waals surface area (Å²) in [6.45, 7) is 5.58. The molecule has 1 atom stereocenters. The van der Waals surface area contributed by atoms with Crippen molar-refractivity contribution in [2.75, 3.05) is 0 Å². The summed E-state index contributed by atoms with van der Waals surface area (Å²) in [5.41, 5.74) is 0. The van der Waals surface area contributed by atoms with Crippen LogP contribution in [0.4, 0.5) is 0 Å². The van der Waals surface area contributed by atoms with Crippen LogP contribution in [-0.2, 0) is 9.53 Å². The fraction of sp³-hybridized carbons (Fsp3) is 0.875. The average Bonchev–Trinajstić information content (AvgIpc) is 1.86. The lowest BCUT2D eigenvalue weighted by atomic mass is 10.2. The largest absolute Gasteiger partial charge is 0.463 e. The molecule has 1 unspecified atom stereocenters. The molecule has 0 aliphatic heterocycles. The van der Waals surface area contributed by atoms with Crippen LogP contribution in [0, 0.1) is 0 Å². The van der Waals surface area contributed by atoms with E-state index in [9.17, 15) is 4.79 Å². The fourth-order valence-electron chi connectivity index (χ4n) is 0.903. The predicted octanol–water partition coefficient (Wildman–Crippen LogP) is 2.29. The fourth-order valence-corrected chi connectivity index (χ4v) is 0.903. The van der Waals surface area contributed by atoms with E-state index >= 15 is 0 Å². The minimum Gasteiger partial charge on any atom is -0.463 e. The first-order chi connectivity index (χ1) is 4.70. The summed E-state index contributed by atoms with van der Waals surface area (Å²) < 4.78 is 5.00. The highest BCUT2D eigenvalue weighted by atomic mass is 16.5. The van der Waals surface area contributed by atoms with Crippen molar-refractivity contribution in [1.29, 1.82) is 0 Å². The number of rotatable bonds is 4. The number of esters is 1. The Kier molecular flexibility index (Phi) is 8.94. The molecule has 3 heteroatoms. The van der Waals surface area contributed by atoms with Gasteiger partial charge >= 0.3 is 5.97 Å². The number of ether oxygens (including phenoxy) is 1. The molecule has 0 heterocycles. The van der Waals surface area contributed by atoms with E-state index in [0.717, 1.165) is 19.3 Å². The van der Waals surface area contributed by atoms with Crippen LogP contribution in [0.3, 0.4) is 0 Å². The maximum Gasteiger partial charge on any atom is 0.302 e. The first-order valence-corrected chi connectivity index (χ1v) is 3.87. The van der Waals surface area contributed by atoms with Gasteiger partial charge in [0.1, 0.15) is 6.10 Å². The van der Waals surface area contributed by atoms with Gasteiger partial charge in [-0.05, 0) is 12.8 Å². The van der Waals surface area contributed by atoms with Gasteiger partial charge in [-0.3, -0.25) is 4.79 Å². The highest BCUT2D eigenvalue weighted by Crippen LogP contribution is 2.05. The summed E-state index contributed by atoms with van der Waals surface area (Å²) in [4.78, 5) is 10.5. The summed E-state index contributed by atoms with van der Waals surface area (Å²) >= 11 is 0. The van der Waals surface area contributed by atoms with Gasteiger partial charge in [-0.15, -0.1) is 0 Å². The molecule has 0 aliphatic rings. The molecular weight excluding hydrogens is 142 g/mol. The zero-order valence-corrected chi connectivity index (χ0v) is 7.72. The lowest BCUT2D eigenvalue weighted by molar-refractivity contribution is -0.146. The molecule has 0 rings (SSSR count). The van der Waals surface area contributed by atoms with Crippen molar-refractivity contribution in [2.45, 2.75) is 46.1 Å². The maximum absolute atomic E-state index is 10.5. The third kappa shape index (κ3) is 7.33.